The lowest BCUT2D eigenvalue weighted by atomic mass is 10.2. The smallest absolute Gasteiger partial charge is 0.410 e. The number of ether oxygens (including phenoxy) is 1. The van der Waals surface area contributed by atoms with Crippen molar-refractivity contribution in [3.63, 3.8) is 0 Å². The summed E-state index contributed by atoms with van der Waals surface area (Å²) in [6.45, 7) is 3.61. The Hall–Kier alpha value is -2.97. The third-order valence-electron chi connectivity index (χ3n) is 5.04. The van der Waals surface area contributed by atoms with Crippen LogP contribution in [0.5, 0.6) is 5.75 Å². The van der Waals surface area contributed by atoms with Crippen LogP contribution >= 0.6 is 11.8 Å². The van der Waals surface area contributed by atoms with Crippen LogP contribution in [-0.4, -0.2) is 62.8 Å². The molecule has 1 fully saturated rings. The summed E-state index contributed by atoms with van der Waals surface area (Å²) >= 11 is 1.73. The number of hydrogen-bond acceptors (Lipinski definition) is 7. The first-order chi connectivity index (χ1) is 15.3. The van der Waals surface area contributed by atoms with Gasteiger partial charge in [-0.2, -0.15) is 0 Å². The van der Waals surface area contributed by atoms with Crippen LogP contribution in [-0.2, 0) is 13.0 Å². The highest BCUT2D eigenvalue weighted by Gasteiger charge is 2.22. The normalized spacial score (nSPS) is 14.4. The van der Waals surface area contributed by atoms with Gasteiger partial charge >= 0.3 is 6.09 Å². The Morgan fingerprint density at radius 1 is 0.968 bits per heavy atom. The summed E-state index contributed by atoms with van der Waals surface area (Å²) in [6, 6.07) is 13.7. The lowest BCUT2D eigenvalue weighted by Crippen LogP contribution is -2.49. The number of carbonyl (C=O) groups excluding carboxylic acids is 1. The lowest BCUT2D eigenvalue weighted by molar-refractivity contribution is 0.107. The molecular formula is C23H25N5O2S. The molecule has 31 heavy (non-hydrogen) atoms. The molecule has 1 amide bonds. The summed E-state index contributed by atoms with van der Waals surface area (Å²) in [5, 5.41) is 1.03. The van der Waals surface area contributed by atoms with Crippen LogP contribution < -0.4 is 4.74 Å². The molecule has 0 atom stereocenters. The van der Waals surface area contributed by atoms with Crippen molar-refractivity contribution in [1.82, 2.24) is 24.8 Å². The number of carbonyl (C=O) groups is 1. The zero-order chi connectivity index (χ0) is 21.3. The fourth-order valence-corrected chi connectivity index (χ4v) is 4.18. The fraction of sp³-hybridized carbons (Fsp3) is 0.304. The number of pyridine rings is 1. The molecule has 4 rings (SSSR count). The third-order valence-corrected chi connectivity index (χ3v) is 5.99. The number of rotatable bonds is 7. The zero-order valence-electron chi connectivity index (χ0n) is 17.3. The molecule has 0 aliphatic carbocycles. The first-order valence-electron chi connectivity index (χ1n) is 10.3. The van der Waals surface area contributed by atoms with Gasteiger partial charge in [-0.25, -0.2) is 9.78 Å². The molecule has 0 spiro atoms. The Morgan fingerprint density at radius 2 is 1.81 bits per heavy atom. The van der Waals surface area contributed by atoms with Crippen molar-refractivity contribution < 1.29 is 9.53 Å². The maximum atomic E-state index is 12.5. The van der Waals surface area contributed by atoms with E-state index in [4.69, 9.17) is 4.74 Å². The molecule has 2 aromatic heterocycles. The van der Waals surface area contributed by atoms with Crippen molar-refractivity contribution >= 4 is 17.9 Å². The molecule has 1 aliphatic heterocycles. The molecule has 0 bridgehead atoms. The second-order valence-corrected chi connectivity index (χ2v) is 8.35. The van der Waals surface area contributed by atoms with Gasteiger partial charge in [0.05, 0.1) is 10.7 Å². The number of amides is 1. The second kappa shape index (κ2) is 10.9. The van der Waals surface area contributed by atoms with Crippen LogP contribution in [0.1, 0.15) is 11.3 Å². The number of hydrogen-bond donors (Lipinski definition) is 0. The minimum atomic E-state index is -0.294. The van der Waals surface area contributed by atoms with E-state index in [0.717, 1.165) is 42.5 Å². The predicted octanol–water partition coefficient (Wildman–Crippen LogP) is 3.52. The van der Waals surface area contributed by atoms with E-state index in [2.05, 4.69) is 19.9 Å². The first-order valence-corrected chi connectivity index (χ1v) is 11.3. The Morgan fingerprint density at radius 3 is 2.52 bits per heavy atom. The highest BCUT2D eigenvalue weighted by molar-refractivity contribution is 7.99. The van der Waals surface area contributed by atoms with Crippen LogP contribution in [0.15, 0.2) is 72.3 Å². The number of benzene rings is 1. The van der Waals surface area contributed by atoms with E-state index in [0.29, 0.717) is 18.8 Å². The molecule has 1 aromatic carbocycles. The largest absolute Gasteiger partial charge is 0.415 e. The molecule has 0 radical (unpaired) electrons. The van der Waals surface area contributed by atoms with Gasteiger partial charge in [-0.05, 0) is 36.2 Å². The van der Waals surface area contributed by atoms with Crippen molar-refractivity contribution in [3.05, 3.63) is 78.5 Å². The summed E-state index contributed by atoms with van der Waals surface area (Å²) < 4.78 is 5.57. The number of aryl methyl sites for hydroxylation is 1. The fourth-order valence-electron chi connectivity index (χ4n) is 3.32. The van der Waals surface area contributed by atoms with Gasteiger partial charge in [-0.15, -0.1) is 11.8 Å². The molecule has 3 heterocycles. The highest BCUT2D eigenvalue weighted by atomic mass is 32.2. The van der Waals surface area contributed by atoms with Crippen LogP contribution in [0, 0.1) is 0 Å². The molecule has 0 unspecified atom stereocenters. The van der Waals surface area contributed by atoms with Gasteiger partial charge in [-0.1, -0.05) is 18.2 Å². The summed E-state index contributed by atoms with van der Waals surface area (Å²) in [7, 11) is 0. The Labute approximate surface area is 186 Å². The van der Waals surface area contributed by atoms with Gasteiger partial charge in [0.2, 0.25) is 0 Å². The lowest BCUT2D eigenvalue weighted by Gasteiger charge is -2.33. The van der Waals surface area contributed by atoms with Crippen molar-refractivity contribution in [2.75, 3.05) is 31.9 Å². The van der Waals surface area contributed by atoms with E-state index >= 15 is 0 Å². The summed E-state index contributed by atoms with van der Waals surface area (Å²) in [4.78, 5) is 29.3. The average Bonchev–Trinajstić information content (AvgIpc) is 2.82. The van der Waals surface area contributed by atoms with E-state index in [1.54, 1.807) is 35.3 Å². The molecule has 0 N–H and O–H groups in total. The minimum absolute atomic E-state index is 0.294. The highest BCUT2D eigenvalue weighted by Crippen LogP contribution is 2.19. The van der Waals surface area contributed by atoms with Gasteiger partial charge in [0.15, 0.2) is 0 Å². The van der Waals surface area contributed by atoms with Gasteiger partial charge in [-0.3, -0.25) is 14.9 Å². The number of thioether (sulfide) groups is 1. The zero-order valence-corrected chi connectivity index (χ0v) is 18.1. The second-order valence-electron chi connectivity index (χ2n) is 7.24. The maximum absolute atomic E-state index is 12.5. The van der Waals surface area contributed by atoms with Crippen LogP contribution in [0.2, 0.25) is 0 Å². The third kappa shape index (κ3) is 6.50. The maximum Gasteiger partial charge on any atom is 0.415 e. The molecule has 160 valence electrons. The van der Waals surface area contributed by atoms with Gasteiger partial charge < -0.3 is 9.64 Å². The monoisotopic (exact) mass is 435 g/mol. The van der Waals surface area contributed by atoms with E-state index in [1.165, 1.54) is 5.56 Å². The standard InChI is InChI=1S/C23H25N5O2S/c29-23(28-14-12-27(13-15-28)18-20-17-24-10-11-25-20)30-21-6-4-19(5-7-21)8-16-31-22-3-1-2-9-26-22/h1-7,9-11,17H,8,12-16,18H2. The molecule has 7 nitrogen and oxygen atoms in total. The molecular weight excluding hydrogens is 410 g/mol. The van der Waals surface area contributed by atoms with E-state index in [9.17, 15) is 4.79 Å². The van der Waals surface area contributed by atoms with Crippen LogP contribution in [0.3, 0.4) is 0 Å². The topological polar surface area (TPSA) is 71.5 Å². The summed E-state index contributed by atoms with van der Waals surface area (Å²) in [6.07, 6.45) is 7.60. The van der Waals surface area contributed by atoms with Crippen molar-refractivity contribution in [2.24, 2.45) is 0 Å². The average molecular weight is 436 g/mol. The van der Waals surface area contributed by atoms with Crippen molar-refractivity contribution in [1.29, 1.82) is 0 Å². The van der Waals surface area contributed by atoms with Crippen LogP contribution in [0.25, 0.3) is 0 Å². The summed E-state index contributed by atoms with van der Waals surface area (Å²) in [5.74, 6) is 1.53. The SMILES string of the molecule is O=C(Oc1ccc(CCSc2ccccn2)cc1)N1CCN(Cc2cnccn2)CC1. The molecule has 0 saturated carbocycles. The van der Waals surface area contributed by atoms with Crippen LogP contribution in [0.4, 0.5) is 4.79 Å². The van der Waals surface area contributed by atoms with Crippen molar-refractivity contribution in [2.45, 2.75) is 18.0 Å². The molecule has 1 saturated heterocycles. The van der Waals surface area contributed by atoms with Gasteiger partial charge in [0.1, 0.15) is 5.75 Å². The van der Waals surface area contributed by atoms with Gasteiger partial charge in [0, 0.05) is 63.3 Å². The Bertz CT molecular complexity index is 949. The quantitative estimate of drug-likeness (QED) is 0.526. The summed E-state index contributed by atoms with van der Waals surface area (Å²) in [5.41, 5.74) is 2.15. The molecule has 3 aromatic rings. The predicted molar refractivity (Wildman–Crippen MR) is 120 cm³/mol. The van der Waals surface area contributed by atoms with Gasteiger partial charge in [0.25, 0.3) is 0 Å². The van der Waals surface area contributed by atoms with E-state index in [-0.39, 0.29) is 6.09 Å². The number of nitrogens with zero attached hydrogens (tertiary/aromatic N) is 5. The van der Waals surface area contributed by atoms with E-state index < -0.39 is 0 Å². The van der Waals surface area contributed by atoms with E-state index in [1.807, 2.05) is 48.7 Å². The minimum Gasteiger partial charge on any atom is -0.410 e. The molecule has 8 heteroatoms. The number of piperazine rings is 1. The van der Waals surface area contributed by atoms with Crippen molar-refractivity contribution in [3.8, 4) is 5.75 Å². The Balaban J connectivity index is 1.19. The number of aromatic nitrogens is 3. The Kier molecular flexibility index (Phi) is 7.46. The first kappa shape index (κ1) is 21.3. The molecule has 1 aliphatic rings.